The summed E-state index contributed by atoms with van der Waals surface area (Å²) in [7, 11) is -0.638. The first-order valence-electron chi connectivity index (χ1n) is 9.74. The molecule has 0 aromatic heterocycles. The molecule has 0 aromatic carbocycles. The third kappa shape index (κ3) is 13.2. The molecule has 0 spiro atoms. The van der Waals surface area contributed by atoms with E-state index < -0.39 is 14.1 Å². The van der Waals surface area contributed by atoms with Gasteiger partial charge in [0.2, 0.25) is 5.91 Å². The summed E-state index contributed by atoms with van der Waals surface area (Å²) >= 11 is 0. The first-order valence-corrected chi connectivity index (χ1v) is 11.6. The summed E-state index contributed by atoms with van der Waals surface area (Å²) in [6.07, 6.45) is 3.24. The van der Waals surface area contributed by atoms with Crippen molar-refractivity contribution < 1.29 is 28.8 Å². The summed E-state index contributed by atoms with van der Waals surface area (Å²) in [4.78, 5) is 33.4. The maximum absolute atomic E-state index is 12.5. The molecule has 0 aliphatic carbocycles. The molecule has 1 amide bonds. The van der Waals surface area contributed by atoms with Gasteiger partial charge >= 0.3 is 5.97 Å². The van der Waals surface area contributed by atoms with Crippen molar-refractivity contribution in [3.05, 3.63) is 0 Å². The van der Waals surface area contributed by atoms with Crippen molar-refractivity contribution in [2.45, 2.75) is 46.1 Å². The standard InChI is InChI=1S/C19H37N2O6P/c1-6-15(2)16(13-20-14-17(23)24)18(25)21-8-10-26-19(3,4)7-12-28(5)27-11-9-22/h9,15-16,20H,6-8,10-14H2,1-5H3,(H,21,25)(H,23,24). The van der Waals surface area contributed by atoms with Gasteiger partial charge in [-0.15, -0.1) is 0 Å². The summed E-state index contributed by atoms with van der Waals surface area (Å²) < 4.78 is 11.3. The molecule has 28 heavy (non-hydrogen) atoms. The van der Waals surface area contributed by atoms with Crippen molar-refractivity contribution in [1.82, 2.24) is 10.6 Å². The first kappa shape index (κ1) is 26.9. The van der Waals surface area contributed by atoms with Crippen molar-refractivity contribution in [3.63, 3.8) is 0 Å². The fraction of sp³-hybridized carbons (Fsp3) is 0.842. The predicted molar refractivity (Wildman–Crippen MR) is 111 cm³/mol. The van der Waals surface area contributed by atoms with E-state index >= 15 is 0 Å². The summed E-state index contributed by atoms with van der Waals surface area (Å²) in [6.45, 7) is 11.1. The number of amides is 1. The van der Waals surface area contributed by atoms with Crippen LogP contribution in [0.5, 0.6) is 0 Å². The van der Waals surface area contributed by atoms with Crippen LogP contribution in [0.15, 0.2) is 0 Å². The van der Waals surface area contributed by atoms with Gasteiger partial charge in [0.05, 0.1) is 24.7 Å². The van der Waals surface area contributed by atoms with E-state index in [0.29, 0.717) is 19.7 Å². The van der Waals surface area contributed by atoms with E-state index in [9.17, 15) is 14.4 Å². The molecular formula is C19H37N2O6P. The van der Waals surface area contributed by atoms with Crippen LogP contribution in [0.1, 0.15) is 40.5 Å². The van der Waals surface area contributed by atoms with Crippen LogP contribution < -0.4 is 10.6 Å². The number of rotatable bonds is 17. The lowest BCUT2D eigenvalue weighted by atomic mass is 9.91. The Kier molecular flexibility index (Phi) is 14.3. The van der Waals surface area contributed by atoms with E-state index in [1.165, 1.54) is 0 Å². The summed E-state index contributed by atoms with van der Waals surface area (Å²) in [5.74, 6) is -1.16. The van der Waals surface area contributed by atoms with Crippen LogP contribution in [-0.2, 0) is 23.6 Å². The van der Waals surface area contributed by atoms with Gasteiger partial charge in [0.1, 0.15) is 12.9 Å². The van der Waals surface area contributed by atoms with Gasteiger partial charge in [0.15, 0.2) is 0 Å². The van der Waals surface area contributed by atoms with Crippen LogP contribution in [-0.4, -0.2) is 74.5 Å². The Morgan fingerprint density at radius 1 is 1.32 bits per heavy atom. The molecule has 0 saturated heterocycles. The molecule has 3 N–H and O–H groups in total. The van der Waals surface area contributed by atoms with Crippen molar-refractivity contribution >= 4 is 26.3 Å². The lowest BCUT2D eigenvalue weighted by molar-refractivity contribution is -0.136. The Morgan fingerprint density at radius 2 is 2.00 bits per heavy atom. The highest BCUT2D eigenvalue weighted by Gasteiger charge is 2.24. The van der Waals surface area contributed by atoms with Crippen LogP contribution in [0.3, 0.4) is 0 Å². The van der Waals surface area contributed by atoms with Gasteiger partial charge in [0, 0.05) is 21.2 Å². The minimum absolute atomic E-state index is 0.0898. The van der Waals surface area contributed by atoms with Gasteiger partial charge in [0.25, 0.3) is 0 Å². The number of carbonyl (C=O) groups excluding carboxylic acids is 2. The Morgan fingerprint density at radius 3 is 2.57 bits per heavy atom. The Hall–Kier alpha value is -1.08. The van der Waals surface area contributed by atoms with Gasteiger partial charge in [-0.25, -0.2) is 0 Å². The molecule has 3 unspecified atom stereocenters. The molecule has 3 atom stereocenters. The number of carboxylic acids is 1. The minimum atomic E-state index is -0.939. The molecule has 0 radical (unpaired) electrons. The molecule has 0 heterocycles. The second-order valence-electron chi connectivity index (χ2n) is 7.48. The Bertz CT molecular complexity index is 475. The molecule has 8 nitrogen and oxygen atoms in total. The average molecular weight is 420 g/mol. The third-order valence-electron chi connectivity index (χ3n) is 4.59. The van der Waals surface area contributed by atoms with E-state index in [1.807, 2.05) is 34.4 Å². The van der Waals surface area contributed by atoms with Gasteiger partial charge < -0.3 is 29.8 Å². The number of hydrogen-bond acceptors (Lipinski definition) is 6. The molecule has 0 aliphatic heterocycles. The zero-order chi connectivity index (χ0) is 21.6. The highest BCUT2D eigenvalue weighted by atomic mass is 31.1. The van der Waals surface area contributed by atoms with E-state index in [0.717, 1.165) is 25.3 Å². The lowest BCUT2D eigenvalue weighted by Crippen LogP contribution is -2.42. The minimum Gasteiger partial charge on any atom is -0.480 e. The first-order chi connectivity index (χ1) is 13.1. The topological polar surface area (TPSA) is 114 Å². The van der Waals surface area contributed by atoms with Crippen molar-refractivity contribution in [3.8, 4) is 0 Å². The van der Waals surface area contributed by atoms with E-state index in [2.05, 4.69) is 10.6 Å². The summed E-state index contributed by atoms with van der Waals surface area (Å²) in [5, 5.41) is 14.4. The number of hydrogen-bond donors (Lipinski definition) is 3. The van der Waals surface area contributed by atoms with Gasteiger partial charge in [-0.2, -0.15) is 0 Å². The van der Waals surface area contributed by atoms with E-state index in [4.69, 9.17) is 14.4 Å². The Labute approximate surface area is 170 Å². The second-order valence-corrected chi connectivity index (χ2v) is 9.44. The molecule has 0 saturated carbocycles. The molecule has 0 aliphatic rings. The fourth-order valence-corrected chi connectivity index (χ4v) is 3.82. The highest BCUT2D eigenvalue weighted by Crippen LogP contribution is 2.34. The average Bonchev–Trinajstić information content (AvgIpc) is 2.64. The zero-order valence-corrected chi connectivity index (χ0v) is 18.7. The molecular weight excluding hydrogens is 383 g/mol. The van der Waals surface area contributed by atoms with Crippen LogP contribution >= 0.6 is 8.15 Å². The normalized spacial score (nSPS) is 14.9. The van der Waals surface area contributed by atoms with Crippen LogP contribution in [0.25, 0.3) is 0 Å². The molecule has 0 fully saturated rings. The number of carbonyl (C=O) groups is 3. The monoisotopic (exact) mass is 420 g/mol. The highest BCUT2D eigenvalue weighted by molar-refractivity contribution is 7.51. The summed E-state index contributed by atoms with van der Waals surface area (Å²) in [5.41, 5.74) is -0.342. The van der Waals surface area contributed by atoms with Crippen LogP contribution in [0, 0.1) is 11.8 Å². The number of aliphatic carboxylic acids is 1. The van der Waals surface area contributed by atoms with Crippen LogP contribution in [0.2, 0.25) is 0 Å². The van der Waals surface area contributed by atoms with Crippen molar-refractivity contribution in [2.75, 3.05) is 45.7 Å². The molecule has 0 bridgehead atoms. The predicted octanol–water partition coefficient (Wildman–Crippen LogP) is 1.87. The zero-order valence-electron chi connectivity index (χ0n) is 17.8. The maximum atomic E-state index is 12.5. The second kappa shape index (κ2) is 14.9. The third-order valence-corrected chi connectivity index (χ3v) is 6.04. The van der Waals surface area contributed by atoms with Crippen molar-refractivity contribution in [1.29, 1.82) is 0 Å². The molecule has 9 heteroatoms. The summed E-state index contributed by atoms with van der Waals surface area (Å²) in [6, 6.07) is 0. The van der Waals surface area contributed by atoms with E-state index in [1.54, 1.807) is 0 Å². The molecule has 0 aromatic rings. The smallest absolute Gasteiger partial charge is 0.317 e. The van der Waals surface area contributed by atoms with Gasteiger partial charge in [-0.1, -0.05) is 20.3 Å². The van der Waals surface area contributed by atoms with E-state index in [-0.39, 0.29) is 36.5 Å². The molecule has 0 rings (SSSR count). The van der Waals surface area contributed by atoms with Gasteiger partial charge in [-0.05, 0) is 39.0 Å². The number of ether oxygens (including phenoxy) is 1. The number of aldehydes is 1. The number of nitrogens with one attached hydrogen (secondary N) is 2. The Balaban J connectivity index is 4.25. The maximum Gasteiger partial charge on any atom is 0.317 e. The van der Waals surface area contributed by atoms with Gasteiger partial charge in [-0.3, -0.25) is 9.59 Å². The number of carboxylic acid groups (broad SMARTS) is 1. The van der Waals surface area contributed by atoms with Crippen molar-refractivity contribution in [2.24, 2.45) is 11.8 Å². The molecule has 164 valence electrons. The van der Waals surface area contributed by atoms with Crippen LogP contribution in [0.4, 0.5) is 0 Å². The SMILES string of the molecule is CCC(C)C(CNCC(=O)O)C(=O)NCCOC(C)(C)CCP(C)OCC=O. The fourth-order valence-electron chi connectivity index (χ4n) is 2.53. The largest absolute Gasteiger partial charge is 0.480 e. The quantitative estimate of drug-likeness (QED) is 0.187. The lowest BCUT2D eigenvalue weighted by Gasteiger charge is -2.27.